The van der Waals surface area contributed by atoms with E-state index in [9.17, 15) is 4.39 Å². The number of hydrogen-bond donors (Lipinski definition) is 2. The number of nitrogens with zero attached hydrogens (tertiary/aromatic N) is 2. The largest absolute Gasteiger partial charge is 0.481 e. The van der Waals surface area contributed by atoms with E-state index in [1.165, 1.54) is 6.07 Å². The van der Waals surface area contributed by atoms with Crippen LogP contribution in [0.3, 0.4) is 0 Å². The number of nitrogen functional groups attached to an aromatic ring is 1. The van der Waals surface area contributed by atoms with Crippen molar-refractivity contribution >= 4 is 18.4 Å². The van der Waals surface area contributed by atoms with Crippen molar-refractivity contribution in [2.45, 2.75) is 4.90 Å². The van der Waals surface area contributed by atoms with Crippen molar-refractivity contribution in [3.63, 3.8) is 0 Å². The summed E-state index contributed by atoms with van der Waals surface area (Å²) in [5, 5.41) is 0. The Hall–Kier alpha value is -2.60. The Morgan fingerprint density at radius 1 is 1.00 bits per heavy atom. The number of thiol groups is 1. The molecule has 6 heteroatoms. The Kier molecular flexibility index (Phi) is 4.16. The van der Waals surface area contributed by atoms with E-state index in [1.54, 1.807) is 37.7 Å². The van der Waals surface area contributed by atoms with E-state index in [1.807, 2.05) is 12.1 Å². The molecule has 0 amide bonds. The molecule has 3 rings (SSSR count). The smallest absolute Gasteiger partial charge is 0.212 e. The van der Waals surface area contributed by atoms with Crippen molar-refractivity contribution in [3.8, 4) is 28.1 Å². The molecular formula is C17H14FN3OS. The fourth-order valence-electron chi connectivity index (χ4n) is 2.21. The lowest BCUT2D eigenvalue weighted by atomic mass is 10.0. The van der Waals surface area contributed by atoms with E-state index in [0.717, 1.165) is 16.7 Å². The molecule has 0 radical (unpaired) electrons. The molecule has 0 fully saturated rings. The SMILES string of the molecule is COc1ccc(-c2cc(-c3ccc(S)c(F)c3)cnc2N)cn1. The zero-order chi connectivity index (χ0) is 16.4. The highest BCUT2D eigenvalue weighted by Gasteiger charge is 2.09. The maximum absolute atomic E-state index is 13.7. The van der Waals surface area contributed by atoms with E-state index in [-0.39, 0.29) is 5.82 Å². The second kappa shape index (κ2) is 6.26. The summed E-state index contributed by atoms with van der Waals surface area (Å²) in [6, 6.07) is 10.3. The van der Waals surface area contributed by atoms with Crippen LogP contribution in [0, 0.1) is 5.82 Å². The fourth-order valence-corrected chi connectivity index (χ4v) is 2.35. The van der Waals surface area contributed by atoms with Gasteiger partial charge in [0.2, 0.25) is 5.88 Å². The van der Waals surface area contributed by atoms with Crippen molar-refractivity contribution in [2.75, 3.05) is 12.8 Å². The highest BCUT2D eigenvalue weighted by molar-refractivity contribution is 7.80. The summed E-state index contributed by atoms with van der Waals surface area (Å²) in [4.78, 5) is 8.67. The molecule has 0 aliphatic heterocycles. The highest BCUT2D eigenvalue weighted by atomic mass is 32.1. The van der Waals surface area contributed by atoms with Crippen LogP contribution in [-0.2, 0) is 0 Å². The van der Waals surface area contributed by atoms with E-state index in [2.05, 4.69) is 22.6 Å². The van der Waals surface area contributed by atoms with Crippen LogP contribution in [0.4, 0.5) is 10.2 Å². The molecule has 0 atom stereocenters. The average molecular weight is 327 g/mol. The van der Waals surface area contributed by atoms with Crippen LogP contribution in [0.25, 0.3) is 22.3 Å². The van der Waals surface area contributed by atoms with Gasteiger partial charge in [-0.15, -0.1) is 12.6 Å². The van der Waals surface area contributed by atoms with Gasteiger partial charge in [-0.1, -0.05) is 6.07 Å². The molecule has 23 heavy (non-hydrogen) atoms. The lowest BCUT2D eigenvalue weighted by Gasteiger charge is -2.09. The molecular weight excluding hydrogens is 313 g/mol. The first kappa shape index (κ1) is 15.3. The summed E-state index contributed by atoms with van der Waals surface area (Å²) in [5.41, 5.74) is 8.97. The molecule has 3 aromatic rings. The van der Waals surface area contributed by atoms with Crippen LogP contribution < -0.4 is 10.5 Å². The number of rotatable bonds is 3. The summed E-state index contributed by atoms with van der Waals surface area (Å²) in [6.45, 7) is 0. The van der Waals surface area contributed by atoms with Crippen molar-refractivity contribution in [1.82, 2.24) is 9.97 Å². The Morgan fingerprint density at radius 2 is 1.74 bits per heavy atom. The zero-order valence-electron chi connectivity index (χ0n) is 12.3. The van der Waals surface area contributed by atoms with Gasteiger partial charge in [-0.25, -0.2) is 14.4 Å². The summed E-state index contributed by atoms with van der Waals surface area (Å²) in [6.07, 6.45) is 3.27. The number of benzene rings is 1. The number of halogens is 1. The van der Waals surface area contributed by atoms with Gasteiger partial charge in [0.1, 0.15) is 11.6 Å². The van der Waals surface area contributed by atoms with E-state index in [4.69, 9.17) is 10.5 Å². The highest BCUT2D eigenvalue weighted by Crippen LogP contribution is 2.30. The molecule has 0 aliphatic carbocycles. The molecule has 0 bridgehead atoms. The number of pyridine rings is 2. The van der Waals surface area contributed by atoms with Crippen molar-refractivity contribution in [2.24, 2.45) is 0 Å². The number of nitrogens with two attached hydrogens (primary N) is 1. The fraction of sp³-hybridized carbons (Fsp3) is 0.0588. The standard InChI is InChI=1S/C17H14FN3OS/c1-22-16-5-3-11(8-20-16)13-6-12(9-21-17(13)19)10-2-4-15(23)14(18)7-10/h2-9,23H,1H3,(H2,19,21). The van der Waals surface area contributed by atoms with Crippen LogP contribution in [0.1, 0.15) is 0 Å². The Morgan fingerprint density at radius 3 is 2.39 bits per heavy atom. The average Bonchev–Trinajstić information content (AvgIpc) is 2.58. The Balaban J connectivity index is 2.06. The van der Waals surface area contributed by atoms with Crippen molar-refractivity contribution in [3.05, 3.63) is 54.6 Å². The summed E-state index contributed by atoms with van der Waals surface area (Å²) in [7, 11) is 1.55. The summed E-state index contributed by atoms with van der Waals surface area (Å²) in [5.74, 6) is 0.519. The maximum atomic E-state index is 13.7. The molecule has 0 aliphatic rings. The first-order valence-corrected chi connectivity index (χ1v) is 7.28. The molecule has 0 unspecified atom stereocenters. The van der Waals surface area contributed by atoms with Gasteiger partial charge in [0, 0.05) is 40.0 Å². The molecule has 0 saturated heterocycles. The molecule has 0 saturated carbocycles. The van der Waals surface area contributed by atoms with Gasteiger partial charge in [-0.3, -0.25) is 0 Å². The van der Waals surface area contributed by atoms with Crippen LogP contribution in [-0.4, -0.2) is 17.1 Å². The van der Waals surface area contributed by atoms with Crippen LogP contribution >= 0.6 is 12.6 Å². The van der Waals surface area contributed by atoms with Crippen LogP contribution in [0.5, 0.6) is 5.88 Å². The van der Waals surface area contributed by atoms with Gasteiger partial charge in [-0.05, 0) is 29.8 Å². The minimum atomic E-state index is -0.379. The van der Waals surface area contributed by atoms with Gasteiger partial charge in [0.05, 0.1) is 7.11 Å². The number of hydrogen-bond acceptors (Lipinski definition) is 5. The second-order valence-electron chi connectivity index (χ2n) is 4.91. The normalized spacial score (nSPS) is 10.6. The lowest BCUT2D eigenvalue weighted by Crippen LogP contribution is -1.96. The summed E-state index contributed by atoms with van der Waals surface area (Å²) < 4.78 is 18.8. The monoisotopic (exact) mass is 327 g/mol. The van der Waals surface area contributed by atoms with E-state index < -0.39 is 0 Å². The third-order valence-corrected chi connectivity index (χ3v) is 3.82. The molecule has 2 N–H and O–H groups in total. The van der Waals surface area contributed by atoms with Gasteiger partial charge in [0.15, 0.2) is 0 Å². The van der Waals surface area contributed by atoms with Gasteiger partial charge in [0.25, 0.3) is 0 Å². The first-order valence-electron chi connectivity index (χ1n) is 6.83. The zero-order valence-corrected chi connectivity index (χ0v) is 13.2. The van der Waals surface area contributed by atoms with Crippen molar-refractivity contribution < 1.29 is 9.13 Å². The minimum absolute atomic E-state index is 0.303. The predicted molar refractivity (Wildman–Crippen MR) is 91.1 cm³/mol. The predicted octanol–water partition coefficient (Wildman–Crippen LogP) is 3.83. The van der Waals surface area contributed by atoms with Gasteiger partial charge < -0.3 is 10.5 Å². The van der Waals surface area contributed by atoms with Crippen LogP contribution in [0.15, 0.2) is 53.7 Å². The number of aromatic nitrogens is 2. The Labute approximate surface area is 138 Å². The van der Waals surface area contributed by atoms with Gasteiger partial charge >= 0.3 is 0 Å². The van der Waals surface area contributed by atoms with Gasteiger partial charge in [-0.2, -0.15) is 0 Å². The minimum Gasteiger partial charge on any atom is -0.481 e. The second-order valence-corrected chi connectivity index (χ2v) is 5.39. The first-order chi connectivity index (χ1) is 11.1. The third-order valence-electron chi connectivity index (χ3n) is 3.46. The molecule has 4 nitrogen and oxygen atoms in total. The molecule has 116 valence electrons. The number of anilines is 1. The van der Waals surface area contributed by atoms with E-state index in [0.29, 0.717) is 22.2 Å². The van der Waals surface area contributed by atoms with Crippen LogP contribution in [0.2, 0.25) is 0 Å². The maximum Gasteiger partial charge on any atom is 0.212 e. The molecule has 2 heterocycles. The van der Waals surface area contributed by atoms with Crippen molar-refractivity contribution in [1.29, 1.82) is 0 Å². The topological polar surface area (TPSA) is 61.0 Å². The molecule has 0 spiro atoms. The van der Waals surface area contributed by atoms with E-state index >= 15 is 0 Å². The number of methoxy groups -OCH3 is 1. The Bertz CT molecular complexity index is 853. The molecule has 1 aromatic carbocycles. The molecule has 2 aromatic heterocycles. The quantitative estimate of drug-likeness (QED) is 0.718. The third kappa shape index (κ3) is 3.12. The lowest BCUT2D eigenvalue weighted by molar-refractivity contribution is 0.398. The number of ether oxygens (including phenoxy) is 1. The summed E-state index contributed by atoms with van der Waals surface area (Å²) >= 11 is 4.04.